The molecular weight excluding hydrogens is 200 g/mol. The highest BCUT2D eigenvalue weighted by molar-refractivity contribution is 5.82. The standard InChI is InChI=1S/C9H18N2O4/c12-3-1-11(2-4-13)9(15)8-5-7(14)6-10-8/h7-8,10,12-14H,1-6H2. The van der Waals surface area contributed by atoms with E-state index in [-0.39, 0.29) is 32.2 Å². The Balaban J connectivity index is 2.47. The highest BCUT2D eigenvalue weighted by Gasteiger charge is 2.30. The first kappa shape index (κ1) is 12.4. The Hall–Kier alpha value is -0.690. The number of nitrogens with zero attached hydrogens (tertiary/aromatic N) is 1. The number of carbonyl (C=O) groups is 1. The molecule has 1 saturated heterocycles. The third kappa shape index (κ3) is 3.42. The van der Waals surface area contributed by atoms with Crippen LogP contribution in [0.5, 0.6) is 0 Å². The van der Waals surface area contributed by atoms with Gasteiger partial charge in [0.15, 0.2) is 0 Å². The maximum atomic E-state index is 11.8. The summed E-state index contributed by atoms with van der Waals surface area (Å²) in [7, 11) is 0. The maximum absolute atomic E-state index is 11.8. The summed E-state index contributed by atoms with van der Waals surface area (Å²) < 4.78 is 0. The second kappa shape index (κ2) is 6.02. The monoisotopic (exact) mass is 218 g/mol. The third-order valence-corrected chi connectivity index (χ3v) is 2.46. The zero-order valence-corrected chi connectivity index (χ0v) is 8.59. The third-order valence-electron chi connectivity index (χ3n) is 2.46. The van der Waals surface area contributed by atoms with Crippen molar-refractivity contribution in [3.8, 4) is 0 Å². The van der Waals surface area contributed by atoms with Crippen LogP contribution in [0.1, 0.15) is 6.42 Å². The van der Waals surface area contributed by atoms with Crippen molar-refractivity contribution in [2.75, 3.05) is 32.8 Å². The molecule has 1 rings (SSSR count). The van der Waals surface area contributed by atoms with Crippen molar-refractivity contribution in [1.82, 2.24) is 10.2 Å². The van der Waals surface area contributed by atoms with E-state index in [9.17, 15) is 9.90 Å². The minimum atomic E-state index is -0.482. The Morgan fingerprint density at radius 1 is 1.33 bits per heavy atom. The molecule has 0 bridgehead atoms. The van der Waals surface area contributed by atoms with Gasteiger partial charge in [0.2, 0.25) is 5.91 Å². The first-order valence-corrected chi connectivity index (χ1v) is 5.11. The van der Waals surface area contributed by atoms with Crippen LogP contribution in [0, 0.1) is 0 Å². The average Bonchev–Trinajstić information content (AvgIpc) is 2.63. The topological polar surface area (TPSA) is 93.0 Å². The molecule has 2 atom stereocenters. The second-order valence-electron chi connectivity index (χ2n) is 3.62. The van der Waals surface area contributed by atoms with Crippen LogP contribution < -0.4 is 5.32 Å². The Bertz CT molecular complexity index is 206. The fourth-order valence-electron chi connectivity index (χ4n) is 1.70. The Labute approximate surface area is 88.5 Å². The van der Waals surface area contributed by atoms with Crippen LogP contribution in [0.15, 0.2) is 0 Å². The van der Waals surface area contributed by atoms with Crippen molar-refractivity contribution in [2.45, 2.75) is 18.6 Å². The summed E-state index contributed by atoms with van der Waals surface area (Å²) >= 11 is 0. The zero-order valence-electron chi connectivity index (χ0n) is 8.59. The van der Waals surface area contributed by atoms with Crippen molar-refractivity contribution in [3.05, 3.63) is 0 Å². The number of hydrogen-bond acceptors (Lipinski definition) is 5. The molecule has 1 heterocycles. The van der Waals surface area contributed by atoms with Gasteiger partial charge in [0.05, 0.1) is 25.4 Å². The lowest BCUT2D eigenvalue weighted by Gasteiger charge is -2.23. The first-order valence-electron chi connectivity index (χ1n) is 5.11. The van der Waals surface area contributed by atoms with Gasteiger partial charge in [-0.15, -0.1) is 0 Å². The van der Waals surface area contributed by atoms with Crippen molar-refractivity contribution < 1.29 is 20.1 Å². The molecule has 1 amide bonds. The predicted octanol–water partition coefficient (Wildman–Crippen LogP) is -2.48. The van der Waals surface area contributed by atoms with Crippen molar-refractivity contribution in [1.29, 1.82) is 0 Å². The number of hydrogen-bond donors (Lipinski definition) is 4. The van der Waals surface area contributed by atoms with E-state index in [2.05, 4.69) is 5.32 Å². The fraction of sp³-hybridized carbons (Fsp3) is 0.889. The molecule has 88 valence electrons. The fourth-order valence-corrected chi connectivity index (χ4v) is 1.70. The number of rotatable bonds is 5. The smallest absolute Gasteiger partial charge is 0.239 e. The molecule has 0 aliphatic carbocycles. The van der Waals surface area contributed by atoms with Crippen LogP contribution in [-0.2, 0) is 4.79 Å². The lowest BCUT2D eigenvalue weighted by molar-refractivity contribution is -0.134. The molecule has 0 aromatic rings. The molecule has 0 spiro atoms. The van der Waals surface area contributed by atoms with Crippen molar-refractivity contribution >= 4 is 5.91 Å². The van der Waals surface area contributed by atoms with Crippen molar-refractivity contribution in [3.63, 3.8) is 0 Å². The van der Waals surface area contributed by atoms with Gasteiger partial charge in [0.1, 0.15) is 0 Å². The summed E-state index contributed by atoms with van der Waals surface area (Å²) in [6, 6.07) is -0.391. The van der Waals surface area contributed by atoms with E-state index in [1.54, 1.807) is 0 Å². The Kier molecular flexibility index (Phi) is 4.97. The molecule has 4 N–H and O–H groups in total. The molecule has 0 aromatic carbocycles. The molecule has 0 aromatic heterocycles. The summed E-state index contributed by atoms with van der Waals surface area (Å²) in [6.07, 6.45) is -0.0873. The van der Waals surface area contributed by atoms with Crippen LogP contribution in [0.4, 0.5) is 0 Å². The molecule has 1 aliphatic rings. The highest BCUT2D eigenvalue weighted by Crippen LogP contribution is 2.09. The largest absolute Gasteiger partial charge is 0.395 e. The summed E-state index contributed by atoms with van der Waals surface area (Å²) in [6.45, 7) is 0.603. The lowest BCUT2D eigenvalue weighted by Crippen LogP contribution is -2.45. The minimum absolute atomic E-state index is 0.124. The van der Waals surface area contributed by atoms with Gasteiger partial charge in [-0.3, -0.25) is 4.79 Å². The minimum Gasteiger partial charge on any atom is -0.395 e. The summed E-state index contributed by atoms with van der Waals surface area (Å²) in [5.74, 6) is -0.172. The number of aliphatic hydroxyl groups excluding tert-OH is 3. The molecule has 0 radical (unpaired) electrons. The van der Waals surface area contributed by atoms with Gasteiger partial charge in [-0.1, -0.05) is 0 Å². The summed E-state index contributed by atoms with van der Waals surface area (Å²) in [4.78, 5) is 13.2. The number of amides is 1. The molecule has 6 nitrogen and oxygen atoms in total. The van der Waals surface area contributed by atoms with E-state index < -0.39 is 12.1 Å². The van der Waals surface area contributed by atoms with Gasteiger partial charge in [-0.05, 0) is 6.42 Å². The van der Waals surface area contributed by atoms with Crippen LogP contribution in [0.2, 0.25) is 0 Å². The lowest BCUT2D eigenvalue weighted by atomic mass is 10.2. The number of nitrogens with one attached hydrogen (secondary N) is 1. The van der Waals surface area contributed by atoms with E-state index >= 15 is 0 Å². The number of β-amino-alcohol motifs (C(OH)–C–C–N with tert-alkyl or cyclic N) is 1. The molecule has 1 aliphatic heterocycles. The van der Waals surface area contributed by atoms with E-state index in [0.29, 0.717) is 13.0 Å². The Morgan fingerprint density at radius 3 is 2.33 bits per heavy atom. The van der Waals surface area contributed by atoms with Gasteiger partial charge < -0.3 is 25.5 Å². The maximum Gasteiger partial charge on any atom is 0.239 e. The number of carbonyl (C=O) groups excluding carboxylic acids is 1. The average molecular weight is 218 g/mol. The van der Waals surface area contributed by atoms with E-state index in [4.69, 9.17) is 10.2 Å². The van der Waals surface area contributed by atoms with Gasteiger partial charge >= 0.3 is 0 Å². The van der Waals surface area contributed by atoms with Gasteiger partial charge in [0, 0.05) is 19.6 Å². The van der Waals surface area contributed by atoms with Gasteiger partial charge in [-0.2, -0.15) is 0 Å². The van der Waals surface area contributed by atoms with Crippen LogP contribution in [0.25, 0.3) is 0 Å². The van der Waals surface area contributed by atoms with Crippen LogP contribution in [-0.4, -0.2) is 71.1 Å². The molecule has 15 heavy (non-hydrogen) atoms. The van der Waals surface area contributed by atoms with E-state index in [1.807, 2.05) is 0 Å². The van der Waals surface area contributed by atoms with E-state index in [1.165, 1.54) is 4.90 Å². The van der Waals surface area contributed by atoms with Gasteiger partial charge in [0.25, 0.3) is 0 Å². The normalized spacial score (nSPS) is 25.5. The first-order chi connectivity index (χ1) is 7.19. The quantitative estimate of drug-likeness (QED) is 0.410. The predicted molar refractivity (Wildman–Crippen MR) is 53.2 cm³/mol. The van der Waals surface area contributed by atoms with Gasteiger partial charge in [-0.25, -0.2) is 0 Å². The highest BCUT2D eigenvalue weighted by atomic mass is 16.3. The molecule has 1 fully saturated rings. The molecule has 0 saturated carbocycles. The molecule has 6 heteroatoms. The second-order valence-corrected chi connectivity index (χ2v) is 3.62. The van der Waals surface area contributed by atoms with Crippen LogP contribution in [0.3, 0.4) is 0 Å². The Morgan fingerprint density at radius 2 is 1.93 bits per heavy atom. The molecule has 2 unspecified atom stereocenters. The van der Waals surface area contributed by atoms with E-state index in [0.717, 1.165) is 0 Å². The molecular formula is C9H18N2O4. The zero-order chi connectivity index (χ0) is 11.3. The SMILES string of the molecule is O=C(C1CC(O)CN1)N(CCO)CCO. The van der Waals surface area contributed by atoms with Crippen molar-refractivity contribution in [2.24, 2.45) is 0 Å². The summed E-state index contributed by atoms with van der Waals surface area (Å²) in [5, 5.41) is 29.7. The van der Waals surface area contributed by atoms with Crippen LogP contribution >= 0.6 is 0 Å². The number of aliphatic hydroxyl groups is 3. The summed E-state index contributed by atoms with van der Waals surface area (Å²) in [5.41, 5.74) is 0.